The van der Waals surface area contributed by atoms with E-state index in [1.807, 2.05) is 25.9 Å². The minimum absolute atomic E-state index is 0. The van der Waals surface area contributed by atoms with Crippen LogP contribution in [0.15, 0.2) is 41.3 Å². The first-order valence-corrected chi connectivity index (χ1v) is 14.3. The Morgan fingerprint density at radius 1 is 1.14 bits per heavy atom. The van der Waals surface area contributed by atoms with Crippen molar-refractivity contribution in [1.82, 2.24) is 14.2 Å². The molecule has 7 nitrogen and oxygen atoms in total. The van der Waals surface area contributed by atoms with Gasteiger partial charge in [-0.2, -0.15) is 4.31 Å². The molecular formula is C26H35ClN4O3S2. The fourth-order valence-corrected chi connectivity index (χ4v) is 7.26. The van der Waals surface area contributed by atoms with Crippen molar-refractivity contribution >= 4 is 55.0 Å². The molecule has 36 heavy (non-hydrogen) atoms. The molecule has 2 heterocycles. The van der Waals surface area contributed by atoms with E-state index in [-0.39, 0.29) is 23.2 Å². The quantitative estimate of drug-likeness (QED) is 0.415. The van der Waals surface area contributed by atoms with Gasteiger partial charge in [0.1, 0.15) is 0 Å². The lowest BCUT2D eigenvalue weighted by Crippen LogP contribution is -2.39. The minimum Gasteiger partial charge on any atom is -0.308 e. The molecule has 1 amide bonds. The van der Waals surface area contributed by atoms with E-state index >= 15 is 0 Å². The first kappa shape index (κ1) is 28.5. The maximum atomic E-state index is 13.6. The Morgan fingerprint density at radius 2 is 1.83 bits per heavy atom. The Morgan fingerprint density at radius 3 is 2.47 bits per heavy atom. The molecule has 0 radical (unpaired) electrons. The van der Waals surface area contributed by atoms with Crippen LogP contribution in [-0.2, 0) is 10.0 Å². The van der Waals surface area contributed by atoms with Crippen molar-refractivity contribution in [3.05, 3.63) is 53.1 Å². The molecule has 1 atom stereocenters. The van der Waals surface area contributed by atoms with Crippen LogP contribution in [0.5, 0.6) is 0 Å². The van der Waals surface area contributed by atoms with Gasteiger partial charge in [-0.05, 0) is 88.2 Å². The molecule has 1 unspecified atom stereocenters. The average Bonchev–Trinajstić information content (AvgIpc) is 3.23. The minimum atomic E-state index is -3.57. The zero-order valence-electron chi connectivity index (χ0n) is 21.5. The molecule has 4 rings (SSSR count). The van der Waals surface area contributed by atoms with Gasteiger partial charge in [0.05, 0.1) is 15.1 Å². The maximum absolute atomic E-state index is 13.6. The standard InChI is InChI=1S/C26H34N4O3S2.ClH/c1-18-7-6-12-29(17-18)35(32,33)22-10-8-21(9-11-22)25(31)30(14-13-28(4)5)26-27-24-20(3)15-19(2)16-23(24)34-26;/h8-11,15-16,18H,6-7,12-14,17H2,1-5H3;1H. The number of hydrogen-bond acceptors (Lipinski definition) is 6. The van der Waals surface area contributed by atoms with Crippen molar-refractivity contribution in [2.24, 2.45) is 5.92 Å². The molecule has 1 saturated heterocycles. The number of carbonyl (C=O) groups excluding carboxylic acids is 1. The summed E-state index contributed by atoms with van der Waals surface area (Å²) < 4.78 is 28.9. The van der Waals surface area contributed by atoms with Crippen LogP contribution in [0.2, 0.25) is 0 Å². The smallest absolute Gasteiger partial charge is 0.260 e. The van der Waals surface area contributed by atoms with Gasteiger partial charge >= 0.3 is 0 Å². The molecule has 1 aliphatic heterocycles. The SMILES string of the molecule is Cc1cc(C)c2nc(N(CCN(C)C)C(=O)c3ccc(S(=O)(=O)N4CCCC(C)C4)cc3)sc2c1.Cl. The van der Waals surface area contributed by atoms with Crippen LogP contribution >= 0.6 is 23.7 Å². The third kappa shape index (κ3) is 6.08. The number of benzene rings is 2. The number of carbonyl (C=O) groups is 1. The number of aryl methyl sites for hydroxylation is 2. The zero-order valence-corrected chi connectivity index (χ0v) is 24.0. The van der Waals surface area contributed by atoms with Gasteiger partial charge in [0.2, 0.25) is 10.0 Å². The molecule has 0 bridgehead atoms. The van der Waals surface area contributed by atoms with Crippen molar-refractivity contribution < 1.29 is 13.2 Å². The van der Waals surface area contributed by atoms with Crippen LogP contribution in [-0.4, -0.2) is 68.8 Å². The molecule has 0 N–H and O–H groups in total. The van der Waals surface area contributed by atoms with Gasteiger partial charge in [0, 0.05) is 31.7 Å². The number of anilines is 1. The molecule has 0 spiro atoms. The summed E-state index contributed by atoms with van der Waals surface area (Å²) in [7, 11) is 0.370. The molecule has 3 aromatic rings. The lowest BCUT2D eigenvalue weighted by atomic mass is 10.0. The zero-order chi connectivity index (χ0) is 25.3. The number of fused-ring (bicyclic) bond motifs is 1. The normalized spacial score (nSPS) is 16.8. The lowest BCUT2D eigenvalue weighted by molar-refractivity contribution is 0.0985. The molecule has 1 aromatic heterocycles. The van der Waals surface area contributed by atoms with Crippen LogP contribution in [0.3, 0.4) is 0 Å². The van der Waals surface area contributed by atoms with Gasteiger partial charge in [-0.3, -0.25) is 9.69 Å². The van der Waals surface area contributed by atoms with Crippen molar-refractivity contribution in [3.63, 3.8) is 0 Å². The summed E-state index contributed by atoms with van der Waals surface area (Å²) in [6, 6.07) is 10.5. The number of likely N-dealkylation sites (N-methyl/N-ethyl adjacent to an activating group) is 1. The van der Waals surface area contributed by atoms with E-state index in [0.29, 0.717) is 42.8 Å². The maximum Gasteiger partial charge on any atom is 0.260 e. The number of rotatable bonds is 7. The topological polar surface area (TPSA) is 73.8 Å². The number of sulfonamides is 1. The first-order chi connectivity index (χ1) is 16.6. The molecule has 2 aromatic carbocycles. The highest BCUT2D eigenvalue weighted by atomic mass is 35.5. The van der Waals surface area contributed by atoms with Crippen molar-refractivity contribution in [2.45, 2.75) is 38.5 Å². The predicted molar refractivity (Wildman–Crippen MR) is 150 cm³/mol. The third-order valence-electron chi connectivity index (χ3n) is 6.42. The molecule has 0 aliphatic carbocycles. The van der Waals surface area contributed by atoms with E-state index in [1.54, 1.807) is 33.5 Å². The molecule has 1 aliphatic rings. The Balaban J connectivity index is 0.00000361. The second-order valence-electron chi connectivity index (χ2n) is 9.82. The average molecular weight is 551 g/mol. The third-order valence-corrected chi connectivity index (χ3v) is 9.33. The van der Waals surface area contributed by atoms with Crippen molar-refractivity contribution in [1.29, 1.82) is 0 Å². The van der Waals surface area contributed by atoms with E-state index in [9.17, 15) is 13.2 Å². The Hall–Kier alpha value is -2.04. The predicted octanol–water partition coefficient (Wildman–Crippen LogP) is 4.96. The van der Waals surface area contributed by atoms with Crippen LogP contribution in [0.4, 0.5) is 5.13 Å². The van der Waals surface area contributed by atoms with Crippen LogP contribution in [0.1, 0.15) is 41.3 Å². The molecule has 196 valence electrons. The fourth-order valence-electron chi connectivity index (χ4n) is 4.50. The highest BCUT2D eigenvalue weighted by Gasteiger charge is 2.29. The number of thiazole rings is 1. The van der Waals surface area contributed by atoms with E-state index < -0.39 is 10.0 Å². The molecule has 0 saturated carbocycles. The number of halogens is 1. The number of nitrogens with zero attached hydrogens (tertiary/aromatic N) is 4. The summed E-state index contributed by atoms with van der Waals surface area (Å²) in [5.41, 5.74) is 3.61. The van der Waals surface area contributed by atoms with Gasteiger partial charge in [-0.1, -0.05) is 24.3 Å². The summed E-state index contributed by atoms with van der Waals surface area (Å²) in [4.78, 5) is 22.4. The van der Waals surface area contributed by atoms with Crippen molar-refractivity contribution in [3.8, 4) is 0 Å². The highest BCUT2D eigenvalue weighted by Crippen LogP contribution is 2.32. The van der Waals surface area contributed by atoms with Gasteiger partial charge < -0.3 is 4.90 Å². The summed E-state index contributed by atoms with van der Waals surface area (Å²) in [6.07, 6.45) is 1.92. The van der Waals surface area contributed by atoms with E-state index in [4.69, 9.17) is 4.98 Å². The molecular weight excluding hydrogens is 516 g/mol. The lowest BCUT2D eigenvalue weighted by Gasteiger charge is -2.30. The van der Waals surface area contributed by atoms with E-state index in [1.165, 1.54) is 11.3 Å². The van der Waals surface area contributed by atoms with Gasteiger partial charge in [-0.25, -0.2) is 13.4 Å². The summed E-state index contributed by atoms with van der Waals surface area (Å²) in [6.45, 7) is 8.42. The van der Waals surface area contributed by atoms with Crippen LogP contribution in [0, 0.1) is 19.8 Å². The fraction of sp³-hybridized carbons (Fsp3) is 0.462. The Kier molecular flexibility index (Phi) is 9.16. The highest BCUT2D eigenvalue weighted by molar-refractivity contribution is 7.89. The Labute approximate surface area is 224 Å². The largest absolute Gasteiger partial charge is 0.308 e. The van der Waals surface area contributed by atoms with E-state index in [0.717, 1.165) is 34.2 Å². The van der Waals surface area contributed by atoms with Gasteiger partial charge in [0.25, 0.3) is 5.91 Å². The number of aromatic nitrogens is 1. The van der Waals surface area contributed by atoms with Crippen LogP contribution < -0.4 is 4.90 Å². The van der Waals surface area contributed by atoms with Gasteiger partial charge in [-0.15, -0.1) is 12.4 Å². The number of hydrogen-bond donors (Lipinski definition) is 0. The van der Waals surface area contributed by atoms with E-state index in [2.05, 4.69) is 26.0 Å². The van der Waals surface area contributed by atoms with Crippen LogP contribution in [0.25, 0.3) is 10.2 Å². The number of amides is 1. The monoisotopic (exact) mass is 550 g/mol. The second kappa shape index (κ2) is 11.6. The summed E-state index contributed by atoms with van der Waals surface area (Å²) in [5.74, 6) is 0.168. The first-order valence-electron chi connectivity index (χ1n) is 12.0. The summed E-state index contributed by atoms with van der Waals surface area (Å²) >= 11 is 1.51. The molecule has 10 heteroatoms. The Bertz CT molecular complexity index is 1320. The molecule has 1 fully saturated rings. The summed E-state index contributed by atoms with van der Waals surface area (Å²) in [5, 5.41) is 0.652. The van der Waals surface area contributed by atoms with Gasteiger partial charge in [0.15, 0.2) is 5.13 Å². The number of piperidine rings is 1. The second-order valence-corrected chi connectivity index (χ2v) is 12.8. The van der Waals surface area contributed by atoms with Crippen molar-refractivity contribution in [2.75, 3.05) is 45.2 Å².